The first-order valence-corrected chi connectivity index (χ1v) is 10.8. The summed E-state index contributed by atoms with van der Waals surface area (Å²) in [5, 5.41) is -0.932. The minimum absolute atomic E-state index is 0.0535. The summed E-state index contributed by atoms with van der Waals surface area (Å²) in [5.74, 6) is 0.0308. The van der Waals surface area contributed by atoms with Gasteiger partial charge in [0.2, 0.25) is 5.78 Å². The Balaban J connectivity index is 1.50. The Morgan fingerprint density at radius 2 is 1.69 bits per heavy atom. The van der Waals surface area contributed by atoms with E-state index in [0.29, 0.717) is 16.9 Å². The van der Waals surface area contributed by atoms with Crippen molar-refractivity contribution in [2.75, 3.05) is 0 Å². The minimum atomic E-state index is -0.932. The summed E-state index contributed by atoms with van der Waals surface area (Å²) < 4.78 is 11.2. The average molecular weight is 447 g/mol. The molecule has 0 aromatic heterocycles. The predicted octanol–water partition coefficient (Wildman–Crippen LogP) is 6.49. The number of ketones is 1. The number of carbonyl (C=O) groups is 2. The molecule has 5 heteroatoms. The van der Waals surface area contributed by atoms with Gasteiger partial charge in [0, 0.05) is 6.07 Å². The lowest BCUT2D eigenvalue weighted by molar-refractivity contribution is -0.134. The van der Waals surface area contributed by atoms with Gasteiger partial charge in [-0.3, -0.25) is 4.79 Å². The zero-order chi connectivity index (χ0) is 22.9. The van der Waals surface area contributed by atoms with Crippen molar-refractivity contribution in [2.45, 2.75) is 31.6 Å². The van der Waals surface area contributed by atoms with Gasteiger partial charge in [-0.25, -0.2) is 4.79 Å². The second-order valence-corrected chi connectivity index (χ2v) is 9.10. The molecule has 0 N–H and O–H groups in total. The summed E-state index contributed by atoms with van der Waals surface area (Å²) in [7, 11) is 0. The Morgan fingerprint density at radius 3 is 2.34 bits per heavy atom. The summed E-state index contributed by atoms with van der Waals surface area (Å²) in [6.45, 7) is 6.45. The van der Waals surface area contributed by atoms with Crippen LogP contribution in [0.2, 0.25) is 0 Å². The number of benzene rings is 3. The molecule has 1 heterocycles. The van der Waals surface area contributed by atoms with Gasteiger partial charge in [-0.15, -0.1) is 11.6 Å². The van der Waals surface area contributed by atoms with E-state index < -0.39 is 11.3 Å². The van der Waals surface area contributed by atoms with Crippen LogP contribution in [0.4, 0.5) is 0 Å². The lowest BCUT2D eigenvalue weighted by atomic mass is 9.86. The number of hydrogen-bond donors (Lipinski definition) is 0. The number of halogens is 1. The van der Waals surface area contributed by atoms with Crippen LogP contribution >= 0.6 is 11.6 Å². The van der Waals surface area contributed by atoms with E-state index in [0.717, 1.165) is 5.56 Å². The molecule has 1 unspecified atom stereocenters. The Labute approximate surface area is 192 Å². The number of rotatable bonds is 4. The first-order valence-electron chi connectivity index (χ1n) is 10.3. The fraction of sp³-hybridized carbons (Fsp3) is 0.185. The van der Waals surface area contributed by atoms with Crippen LogP contribution in [0.3, 0.4) is 0 Å². The van der Waals surface area contributed by atoms with Gasteiger partial charge in [-0.2, -0.15) is 0 Å². The lowest BCUT2D eigenvalue weighted by Gasteiger charge is -2.18. The minimum Gasteiger partial charge on any atom is -0.452 e. The molecule has 32 heavy (non-hydrogen) atoms. The fourth-order valence-corrected chi connectivity index (χ4v) is 3.58. The monoisotopic (exact) mass is 446 g/mol. The molecule has 0 amide bonds. The van der Waals surface area contributed by atoms with Crippen LogP contribution in [-0.4, -0.2) is 11.8 Å². The van der Waals surface area contributed by atoms with Crippen molar-refractivity contribution in [3.63, 3.8) is 0 Å². The molecule has 0 spiro atoms. The molecular weight excluding hydrogens is 424 g/mol. The normalized spacial score (nSPS) is 15.2. The SMILES string of the molecule is CC(C)(C)c1ccc(/C=C2\Oc3cc(OC(=O)C(Cl)c4ccccc4)ccc3C2=O)cc1. The van der Waals surface area contributed by atoms with Crippen molar-refractivity contribution in [1.82, 2.24) is 0 Å². The van der Waals surface area contributed by atoms with E-state index in [4.69, 9.17) is 21.1 Å². The molecule has 0 aliphatic carbocycles. The summed E-state index contributed by atoms with van der Waals surface area (Å²) in [6.07, 6.45) is 1.71. The Bertz CT molecular complexity index is 1190. The van der Waals surface area contributed by atoms with E-state index in [9.17, 15) is 9.59 Å². The Hall–Kier alpha value is -3.37. The first kappa shape index (κ1) is 21.8. The van der Waals surface area contributed by atoms with Crippen LogP contribution in [0.1, 0.15) is 53.2 Å². The lowest BCUT2D eigenvalue weighted by Crippen LogP contribution is -2.14. The highest BCUT2D eigenvalue weighted by atomic mass is 35.5. The third-order valence-corrected chi connectivity index (χ3v) is 5.66. The molecule has 0 bridgehead atoms. The van der Waals surface area contributed by atoms with Crippen LogP contribution in [0.15, 0.2) is 78.6 Å². The van der Waals surface area contributed by atoms with Crippen LogP contribution < -0.4 is 9.47 Å². The molecule has 1 aliphatic heterocycles. The number of alkyl halides is 1. The highest BCUT2D eigenvalue weighted by molar-refractivity contribution is 6.30. The Kier molecular flexibility index (Phi) is 5.90. The molecule has 4 nitrogen and oxygen atoms in total. The van der Waals surface area contributed by atoms with Crippen LogP contribution in [0, 0.1) is 0 Å². The van der Waals surface area contributed by atoms with E-state index in [1.807, 2.05) is 30.3 Å². The number of carbonyl (C=O) groups excluding carboxylic acids is 2. The van der Waals surface area contributed by atoms with Crippen LogP contribution in [0.5, 0.6) is 11.5 Å². The number of hydrogen-bond acceptors (Lipinski definition) is 4. The molecule has 4 rings (SSSR count). The maximum absolute atomic E-state index is 12.7. The summed E-state index contributed by atoms with van der Waals surface area (Å²) in [6, 6.07) is 21.7. The van der Waals surface area contributed by atoms with E-state index in [1.54, 1.807) is 42.5 Å². The zero-order valence-electron chi connectivity index (χ0n) is 18.1. The third-order valence-electron chi connectivity index (χ3n) is 5.23. The van der Waals surface area contributed by atoms with Crippen molar-refractivity contribution in [2.24, 2.45) is 0 Å². The molecule has 0 saturated heterocycles. The zero-order valence-corrected chi connectivity index (χ0v) is 18.8. The first-order chi connectivity index (χ1) is 15.2. The quantitative estimate of drug-likeness (QED) is 0.199. The summed E-state index contributed by atoms with van der Waals surface area (Å²) >= 11 is 6.23. The molecule has 0 radical (unpaired) electrons. The van der Waals surface area contributed by atoms with Gasteiger partial charge < -0.3 is 9.47 Å². The summed E-state index contributed by atoms with van der Waals surface area (Å²) in [4.78, 5) is 25.1. The highest BCUT2D eigenvalue weighted by Gasteiger charge is 2.28. The van der Waals surface area contributed by atoms with Crippen molar-refractivity contribution in [3.8, 4) is 11.5 Å². The fourth-order valence-electron chi connectivity index (χ4n) is 3.39. The number of allylic oxidation sites excluding steroid dienone is 1. The second-order valence-electron chi connectivity index (χ2n) is 8.66. The highest BCUT2D eigenvalue weighted by Crippen LogP contribution is 2.36. The van der Waals surface area contributed by atoms with Crippen molar-refractivity contribution in [3.05, 3.63) is 101 Å². The summed E-state index contributed by atoms with van der Waals surface area (Å²) in [5.41, 5.74) is 3.20. The van der Waals surface area contributed by atoms with E-state index >= 15 is 0 Å². The Morgan fingerprint density at radius 1 is 1.00 bits per heavy atom. The van der Waals surface area contributed by atoms with Crippen molar-refractivity contribution in [1.29, 1.82) is 0 Å². The number of esters is 1. The molecule has 0 fully saturated rings. The molecule has 0 saturated carbocycles. The van der Waals surface area contributed by atoms with Gasteiger partial charge in [0.1, 0.15) is 11.5 Å². The number of fused-ring (bicyclic) bond motifs is 1. The largest absolute Gasteiger partial charge is 0.452 e. The van der Waals surface area contributed by atoms with E-state index in [2.05, 4.69) is 20.8 Å². The smallest absolute Gasteiger partial charge is 0.334 e. The van der Waals surface area contributed by atoms with Gasteiger partial charge in [0.25, 0.3) is 0 Å². The van der Waals surface area contributed by atoms with E-state index in [1.165, 1.54) is 11.6 Å². The average Bonchev–Trinajstić information content (AvgIpc) is 3.08. The van der Waals surface area contributed by atoms with Gasteiger partial charge in [-0.05, 0) is 40.3 Å². The molecule has 1 atom stereocenters. The molecular formula is C27H23ClO4. The molecule has 3 aromatic rings. The maximum Gasteiger partial charge on any atom is 0.334 e. The predicted molar refractivity (Wildman–Crippen MR) is 125 cm³/mol. The van der Waals surface area contributed by atoms with Gasteiger partial charge >= 0.3 is 5.97 Å². The molecule has 162 valence electrons. The van der Waals surface area contributed by atoms with Gasteiger partial charge in [0.15, 0.2) is 11.1 Å². The van der Waals surface area contributed by atoms with Gasteiger partial charge in [-0.1, -0.05) is 75.4 Å². The van der Waals surface area contributed by atoms with E-state index in [-0.39, 0.29) is 22.7 Å². The molecule has 1 aliphatic rings. The molecule has 3 aromatic carbocycles. The van der Waals surface area contributed by atoms with Crippen molar-refractivity contribution >= 4 is 29.4 Å². The van der Waals surface area contributed by atoms with Crippen LogP contribution in [-0.2, 0) is 10.2 Å². The van der Waals surface area contributed by atoms with Gasteiger partial charge in [0.05, 0.1) is 5.56 Å². The maximum atomic E-state index is 12.7. The second kappa shape index (κ2) is 8.64. The van der Waals surface area contributed by atoms with Crippen LogP contribution in [0.25, 0.3) is 6.08 Å². The van der Waals surface area contributed by atoms with Crippen molar-refractivity contribution < 1.29 is 19.1 Å². The standard InChI is InChI=1S/C27H23ClO4/c1-27(2,3)19-11-9-17(10-12-19)15-23-25(29)21-14-13-20(16-22(21)32-23)31-26(30)24(28)18-7-5-4-6-8-18/h4-16,24H,1-3H3/b23-15-. The third kappa shape index (κ3) is 4.61. The number of ether oxygens (including phenoxy) is 2. The number of Topliss-reactive ketones (excluding diaryl/α,β-unsaturated/α-hetero) is 1. The topological polar surface area (TPSA) is 52.6 Å².